The summed E-state index contributed by atoms with van der Waals surface area (Å²) < 4.78 is 13.1. The summed E-state index contributed by atoms with van der Waals surface area (Å²) in [6, 6.07) is 6.40. The van der Waals surface area contributed by atoms with E-state index in [0.717, 1.165) is 36.3 Å². The van der Waals surface area contributed by atoms with Gasteiger partial charge in [0.1, 0.15) is 5.82 Å². The number of carbonyl (C=O) groups excluding carboxylic acids is 1. The normalized spacial score (nSPS) is 26.2. The van der Waals surface area contributed by atoms with E-state index in [1.165, 1.54) is 24.2 Å². The van der Waals surface area contributed by atoms with Crippen LogP contribution < -0.4 is 5.32 Å². The van der Waals surface area contributed by atoms with Crippen molar-refractivity contribution in [2.75, 3.05) is 0 Å². The second kappa shape index (κ2) is 3.97. The van der Waals surface area contributed by atoms with Gasteiger partial charge < -0.3 is 5.32 Å². The molecule has 5 heteroatoms. The number of aromatic amines is 1. The molecule has 3 aliphatic carbocycles. The van der Waals surface area contributed by atoms with E-state index in [2.05, 4.69) is 15.5 Å². The topological polar surface area (TPSA) is 57.8 Å². The summed E-state index contributed by atoms with van der Waals surface area (Å²) in [4.78, 5) is 12.6. The van der Waals surface area contributed by atoms with Crippen molar-refractivity contribution in [3.63, 3.8) is 0 Å². The van der Waals surface area contributed by atoms with Crippen LogP contribution in [-0.2, 0) is 12.0 Å². The van der Waals surface area contributed by atoms with Crippen LogP contribution in [0, 0.1) is 11.7 Å². The van der Waals surface area contributed by atoms with Crippen LogP contribution >= 0.6 is 0 Å². The number of benzene rings is 1. The van der Waals surface area contributed by atoms with Crippen molar-refractivity contribution in [1.82, 2.24) is 15.5 Å². The van der Waals surface area contributed by atoms with Gasteiger partial charge in [0.05, 0.1) is 5.54 Å². The molecule has 0 radical (unpaired) electrons. The monoisotopic (exact) mass is 297 g/mol. The highest BCUT2D eigenvalue weighted by molar-refractivity contribution is 5.95. The Bertz CT molecular complexity index is 776. The van der Waals surface area contributed by atoms with E-state index in [9.17, 15) is 9.18 Å². The van der Waals surface area contributed by atoms with Crippen molar-refractivity contribution in [3.8, 4) is 0 Å². The Morgan fingerprint density at radius 3 is 2.82 bits per heavy atom. The van der Waals surface area contributed by atoms with Crippen molar-refractivity contribution in [3.05, 3.63) is 52.6 Å². The van der Waals surface area contributed by atoms with Gasteiger partial charge in [-0.25, -0.2) is 4.39 Å². The van der Waals surface area contributed by atoms with E-state index in [0.29, 0.717) is 11.6 Å². The lowest BCUT2D eigenvalue weighted by molar-refractivity contribution is 0.0924. The van der Waals surface area contributed by atoms with E-state index in [1.807, 2.05) is 0 Å². The zero-order valence-electron chi connectivity index (χ0n) is 12.0. The van der Waals surface area contributed by atoms with Gasteiger partial charge in [-0.05, 0) is 49.3 Å². The van der Waals surface area contributed by atoms with Gasteiger partial charge in [-0.2, -0.15) is 5.10 Å². The van der Waals surface area contributed by atoms with Gasteiger partial charge in [-0.15, -0.1) is 0 Å². The van der Waals surface area contributed by atoms with Gasteiger partial charge in [0, 0.05) is 17.2 Å². The van der Waals surface area contributed by atoms with Crippen LogP contribution in [0.15, 0.2) is 24.3 Å². The minimum atomic E-state index is -0.335. The third-order valence-electron chi connectivity index (χ3n) is 5.37. The van der Waals surface area contributed by atoms with Crippen LogP contribution in [-0.4, -0.2) is 16.1 Å². The van der Waals surface area contributed by atoms with E-state index in [-0.39, 0.29) is 17.3 Å². The molecule has 22 heavy (non-hydrogen) atoms. The second-order valence-corrected chi connectivity index (χ2v) is 6.81. The molecule has 1 aromatic heterocycles. The molecular formula is C17H16FN3O. The fourth-order valence-corrected chi connectivity index (χ4v) is 3.83. The summed E-state index contributed by atoms with van der Waals surface area (Å²) in [5, 5.41) is 10.4. The van der Waals surface area contributed by atoms with Crippen LogP contribution in [0.4, 0.5) is 4.39 Å². The van der Waals surface area contributed by atoms with Gasteiger partial charge in [0.25, 0.3) is 5.91 Å². The number of H-pyrrole nitrogens is 1. The molecule has 4 nitrogen and oxygen atoms in total. The van der Waals surface area contributed by atoms with Crippen molar-refractivity contribution in [2.45, 2.75) is 37.1 Å². The third-order valence-corrected chi connectivity index (χ3v) is 5.37. The number of aromatic nitrogens is 2. The molecule has 2 unspecified atom stereocenters. The first-order valence-corrected chi connectivity index (χ1v) is 7.82. The Kier molecular flexibility index (Phi) is 2.23. The molecule has 2 aromatic rings. The van der Waals surface area contributed by atoms with E-state index in [4.69, 9.17) is 0 Å². The first-order valence-electron chi connectivity index (χ1n) is 7.82. The average Bonchev–Trinajstić information content (AvgIpc) is 3.37. The van der Waals surface area contributed by atoms with Crippen LogP contribution in [0.3, 0.4) is 0 Å². The van der Waals surface area contributed by atoms with Gasteiger partial charge in [-0.3, -0.25) is 9.89 Å². The molecule has 1 aromatic carbocycles. The zero-order valence-corrected chi connectivity index (χ0v) is 12.0. The number of nitrogens with zero attached hydrogens (tertiary/aromatic N) is 1. The largest absolute Gasteiger partial charge is 0.341 e. The molecule has 0 bridgehead atoms. The Morgan fingerprint density at radius 2 is 2.09 bits per heavy atom. The Hall–Kier alpha value is -2.17. The highest BCUT2D eigenvalue weighted by Crippen LogP contribution is 2.56. The first-order chi connectivity index (χ1) is 10.7. The van der Waals surface area contributed by atoms with Crippen molar-refractivity contribution >= 4 is 5.91 Å². The molecule has 0 saturated heterocycles. The number of carbonyl (C=O) groups is 1. The lowest BCUT2D eigenvalue weighted by Crippen LogP contribution is -2.35. The maximum atomic E-state index is 13.1. The molecular weight excluding hydrogens is 281 g/mol. The zero-order chi connectivity index (χ0) is 14.9. The summed E-state index contributed by atoms with van der Waals surface area (Å²) in [7, 11) is 0. The maximum Gasteiger partial charge on any atom is 0.272 e. The molecule has 3 aliphatic rings. The molecule has 0 aliphatic heterocycles. The molecule has 2 fully saturated rings. The molecule has 0 spiro atoms. The number of hydrogen-bond acceptors (Lipinski definition) is 2. The second-order valence-electron chi connectivity index (χ2n) is 6.81. The number of rotatable bonds is 3. The Labute approximate surface area is 127 Å². The van der Waals surface area contributed by atoms with Gasteiger partial charge in [0.15, 0.2) is 5.69 Å². The van der Waals surface area contributed by atoms with Crippen LogP contribution in [0.2, 0.25) is 0 Å². The van der Waals surface area contributed by atoms with E-state index >= 15 is 0 Å². The van der Waals surface area contributed by atoms with Crippen molar-refractivity contribution in [1.29, 1.82) is 0 Å². The number of hydrogen-bond donors (Lipinski definition) is 2. The average molecular weight is 297 g/mol. The fraction of sp³-hybridized carbons (Fsp3) is 0.412. The maximum absolute atomic E-state index is 13.1. The summed E-state index contributed by atoms with van der Waals surface area (Å²) in [5.74, 6) is 0.967. The number of halogens is 1. The lowest BCUT2D eigenvalue weighted by Gasteiger charge is -2.17. The lowest BCUT2D eigenvalue weighted by atomic mass is 10.0. The molecule has 1 heterocycles. The fourth-order valence-electron chi connectivity index (χ4n) is 3.83. The van der Waals surface area contributed by atoms with Crippen LogP contribution in [0.1, 0.15) is 52.5 Å². The number of nitrogens with one attached hydrogen (secondary N) is 2. The summed E-state index contributed by atoms with van der Waals surface area (Å²) in [5.41, 5.74) is 3.46. The number of amides is 1. The molecule has 112 valence electrons. The quantitative estimate of drug-likeness (QED) is 0.915. The summed E-state index contributed by atoms with van der Waals surface area (Å²) >= 11 is 0. The van der Waals surface area contributed by atoms with Crippen LogP contribution in [0.5, 0.6) is 0 Å². The molecule has 1 amide bonds. The Morgan fingerprint density at radius 1 is 1.32 bits per heavy atom. The highest BCUT2D eigenvalue weighted by Gasteiger charge is 2.50. The summed E-state index contributed by atoms with van der Waals surface area (Å²) in [6.07, 6.45) is 3.99. The van der Waals surface area contributed by atoms with Gasteiger partial charge in [-0.1, -0.05) is 12.1 Å². The summed E-state index contributed by atoms with van der Waals surface area (Å²) in [6.45, 7) is 0. The molecule has 2 N–H and O–H groups in total. The SMILES string of the molecule is O=C(NC1(c2ccc(F)cc2)CC1)c1n[nH]c2c1CC1CC21. The standard InChI is InChI=1S/C17H16FN3O/c18-11-3-1-10(2-4-11)17(5-6-17)19-16(22)15-13-8-9-7-12(9)14(13)20-21-15/h1-4,9,12H,5-8H2,(H,19,22)(H,20,21). The van der Waals surface area contributed by atoms with E-state index < -0.39 is 0 Å². The number of fused-ring (bicyclic) bond motifs is 3. The van der Waals surface area contributed by atoms with Crippen molar-refractivity contribution < 1.29 is 9.18 Å². The molecule has 5 rings (SSSR count). The minimum Gasteiger partial charge on any atom is -0.341 e. The highest BCUT2D eigenvalue weighted by atomic mass is 19.1. The molecule has 2 atom stereocenters. The van der Waals surface area contributed by atoms with Crippen molar-refractivity contribution in [2.24, 2.45) is 5.92 Å². The molecule has 2 saturated carbocycles. The predicted molar refractivity (Wildman–Crippen MR) is 77.9 cm³/mol. The Balaban J connectivity index is 1.41. The minimum absolute atomic E-state index is 0.111. The van der Waals surface area contributed by atoms with E-state index in [1.54, 1.807) is 12.1 Å². The van der Waals surface area contributed by atoms with Gasteiger partial charge in [0.2, 0.25) is 0 Å². The first kappa shape index (κ1) is 12.4. The van der Waals surface area contributed by atoms with Crippen LogP contribution in [0.25, 0.3) is 0 Å². The van der Waals surface area contributed by atoms with Gasteiger partial charge >= 0.3 is 0 Å². The predicted octanol–water partition coefficient (Wildman–Crippen LogP) is 2.63. The third kappa shape index (κ3) is 1.68. The smallest absolute Gasteiger partial charge is 0.272 e.